The van der Waals surface area contributed by atoms with E-state index in [1.807, 2.05) is 60.7 Å². The molecule has 0 radical (unpaired) electrons. The number of ether oxygens (including phenoxy) is 2. The maximum atomic E-state index is 13.6. The minimum atomic E-state index is -1.02. The van der Waals surface area contributed by atoms with Gasteiger partial charge in [0.25, 0.3) is 5.91 Å². The molecular weight excluding hydrogens is 502 g/mol. The summed E-state index contributed by atoms with van der Waals surface area (Å²) >= 11 is 0. The van der Waals surface area contributed by atoms with E-state index in [0.717, 1.165) is 11.1 Å². The molecule has 39 heavy (non-hydrogen) atoms. The van der Waals surface area contributed by atoms with Gasteiger partial charge in [-0.1, -0.05) is 60.7 Å². The van der Waals surface area contributed by atoms with Crippen molar-refractivity contribution in [3.8, 4) is 0 Å². The Balaban J connectivity index is 1.66. The molecule has 2 aromatic rings. The van der Waals surface area contributed by atoms with Gasteiger partial charge < -0.3 is 25.0 Å². The molecule has 1 aliphatic rings. The third kappa shape index (κ3) is 9.24. The van der Waals surface area contributed by atoms with Crippen molar-refractivity contribution in [2.45, 2.75) is 64.3 Å². The Bertz CT molecular complexity index is 1160. The maximum Gasteiger partial charge on any atom is 0.408 e. The monoisotopic (exact) mass is 537 g/mol. The normalized spacial score (nSPS) is 15.7. The molecule has 2 aromatic carbocycles. The van der Waals surface area contributed by atoms with Gasteiger partial charge in [-0.3, -0.25) is 19.2 Å². The summed E-state index contributed by atoms with van der Waals surface area (Å²) in [5.41, 5.74) is 0.862. The number of esters is 1. The van der Waals surface area contributed by atoms with Gasteiger partial charge in [-0.2, -0.15) is 0 Å². The van der Waals surface area contributed by atoms with Crippen molar-refractivity contribution in [1.29, 1.82) is 0 Å². The topological polar surface area (TPSA) is 131 Å². The zero-order chi connectivity index (χ0) is 28.4. The van der Waals surface area contributed by atoms with Crippen LogP contribution in [0, 0.1) is 0 Å². The fourth-order valence-corrected chi connectivity index (χ4v) is 4.23. The first kappa shape index (κ1) is 29.3. The number of amides is 3. The van der Waals surface area contributed by atoms with Crippen LogP contribution in [0.25, 0.3) is 0 Å². The molecule has 0 spiro atoms. The highest BCUT2D eigenvalue weighted by Crippen LogP contribution is 2.21. The predicted octanol–water partition coefficient (Wildman–Crippen LogP) is 2.54. The summed E-state index contributed by atoms with van der Waals surface area (Å²) in [4.78, 5) is 65.0. The van der Waals surface area contributed by atoms with Crippen LogP contribution in [-0.4, -0.2) is 65.3 Å². The zero-order valence-electron chi connectivity index (χ0n) is 22.5. The molecule has 10 heteroatoms. The number of carbonyl (C=O) groups is 5. The summed E-state index contributed by atoms with van der Waals surface area (Å²) in [6, 6.07) is 16.2. The lowest BCUT2D eigenvalue weighted by atomic mass is 10.0. The van der Waals surface area contributed by atoms with Gasteiger partial charge in [-0.25, -0.2) is 4.79 Å². The molecular formula is C29H35N3O7. The van der Waals surface area contributed by atoms with Crippen LogP contribution >= 0.6 is 0 Å². The standard InChI is InChI=1S/C29H35N3O7/c1-29(2,3)39-24(33)18-30-26(35)25(34)23-15-10-16-32(23)27(36)22(17-20-11-6-4-7-12-20)31-28(37)38-19-21-13-8-5-9-14-21/h4-9,11-14,22-23H,10,15-19H2,1-3H3,(H,30,35)(H,31,37)/t22-,23-/m0/s1. The van der Waals surface area contributed by atoms with Crippen LogP contribution < -0.4 is 10.6 Å². The van der Waals surface area contributed by atoms with Crippen molar-refractivity contribution >= 4 is 29.7 Å². The SMILES string of the molecule is CC(C)(C)OC(=O)CNC(=O)C(=O)[C@@H]1CCCN1C(=O)[C@H](Cc1ccccc1)NC(=O)OCc1ccccc1. The lowest BCUT2D eigenvalue weighted by molar-refractivity contribution is -0.155. The van der Waals surface area contributed by atoms with Crippen molar-refractivity contribution in [3.05, 3.63) is 71.8 Å². The van der Waals surface area contributed by atoms with Gasteiger partial charge in [0.15, 0.2) is 0 Å². The summed E-state index contributed by atoms with van der Waals surface area (Å²) in [6.07, 6.45) is 0.201. The number of ketones is 1. The van der Waals surface area contributed by atoms with Crippen molar-refractivity contribution < 1.29 is 33.4 Å². The molecule has 0 unspecified atom stereocenters. The van der Waals surface area contributed by atoms with Crippen LogP contribution in [0.3, 0.4) is 0 Å². The van der Waals surface area contributed by atoms with E-state index in [4.69, 9.17) is 9.47 Å². The molecule has 2 atom stereocenters. The van der Waals surface area contributed by atoms with Crippen molar-refractivity contribution in [1.82, 2.24) is 15.5 Å². The largest absolute Gasteiger partial charge is 0.459 e. The molecule has 0 saturated carbocycles. The second-order valence-corrected chi connectivity index (χ2v) is 10.3. The van der Waals surface area contributed by atoms with Crippen molar-refractivity contribution in [2.75, 3.05) is 13.1 Å². The molecule has 3 rings (SSSR count). The summed E-state index contributed by atoms with van der Waals surface area (Å²) in [6.45, 7) is 4.89. The van der Waals surface area contributed by atoms with Crippen LogP contribution in [0.4, 0.5) is 4.79 Å². The Morgan fingerprint density at radius 2 is 1.56 bits per heavy atom. The quantitative estimate of drug-likeness (QED) is 0.352. The fraction of sp³-hybridized carbons (Fsp3) is 0.414. The number of benzene rings is 2. The molecule has 1 aliphatic heterocycles. The van der Waals surface area contributed by atoms with Crippen LogP contribution in [0.1, 0.15) is 44.7 Å². The Labute approximate surface area is 228 Å². The highest BCUT2D eigenvalue weighted by molar-refractivity contribution is 6.38. The number of likely N-dealkylation sites (tertiary alicyclic amines) is 1. The lowest BCUT2D eigenvalue weighted by Gasteiger charge is -2.28. The average molecular weight is 538 g/mol. The first-order chi connectivity index (χ1) is 18.5. The minimum absolute atomic E-state index is 0.0293. The van der Waals surface area contributed by atoms with Crippen LogP contribution in [0.15, 0.2) is 60.7 Å². The molecule has 1 fully saturated rings. The Kier molecular flexibility index (Phi) is 10.2. The third-order valence-corrected chi connectivity index (χ3v) is 5.96. The molecule has 208 valence electrons. The van der Waals surface area contributed by atoms with E-state index < -0.39 is 53.9 Å². The highest BCUT2D eigenvalue weighted by atomic mass is 16.6. The Morgan fingerprint density at radius 3 is 2.18 bits per heavy atom. The Hall–Kier alpha value is -4.21. The second kappa shape index (κ2) is 13.5. The number of nitrogens with zero attached hydrogens (tertiary/aromatic N) is 1. The van der Waals surface area contributed by atoms with E-state index in [2.05, 4.69) is 10.6 Å². The van der Waals surface area contributed by atoms with Crippen LogP contribution in [0.5, 0.6) is 0 Å². The van der Waals surface area contributed by atoms with Crippen LogP contribution in [0.2, 0.25) is 0 Å². The average Bonchev–Trinajstić information content (AvgIpc) is 3.39. The number of carbonyl (C=O) groups excluding carboxylic acids is 5. The van der Waals surface area contributed by atoms with E-state index in [-0.39, 0.29) is 19.6 Å². The zero-order valence-corrected chi connectivity index (χ0v) is 22.5. The first-order valence-electron chi connectivity index (χ1n) is 12.9. The number of hydrogen-bond acceptors (Lipinski definition) is 7. The van der Waals surface area contributed by atoms with Gasteiger partial charge in [0.05, 0.1) is 0 Å². The van der Waals surface area contributed by atoms with E-state index in [0.29, 0.717) is 12.8 Å². The molecule has 0 aromatic heterocycles. The van der Waals surface area contributed by atoms with Gasteiger partial charge in [-0.05, 0) is 44.7 Å². The molecule has 2 N–H and O–H groups in total. The predicted molar refractivity (Wildman–Crippen MR) is 142 cm³/mol. The molecule has 0 aliphatic carbocycles. The first-order valence-corrected chi connectivity index (χ1v) is 12.9. The summed E-state index contributed by atoms with van der Waals surface area (Å²) in [7, 11) is 0. The van der Waals surface area contributed by atoms with Gasteiger partial charge in [0.2, 0.25) is 11.7 Å². The summed E-state index contributed by atoms with van der Waals surface area (Å²) in [5, 5.41) is 4.92. The van der Waals surface area contributed by atoms with E-state index >= 15 is 0 Å². The van der Waals surface area contributed by atoms with Crippen LogP contribution in [-0.2, 0) is 41.7 Å². The number of alkyl carbamates (subject to hydrolysis) is 1. The number of hydrogen-bond donors (Lipinski definition) is 2. The molecule has 1 saturated heterocycles. The van der Waals surface area contributed by atoms with Gasteiger partial charge in [0.1, 0.15) is 30.8 Å². The Morgan fingerprint density at radius 1 is 0.949 bits per heavy atom. The summed E-state index contributed by atoms with van der Waals surface area (Å²) < 4.78 is 10.5. The van der Waals surface area contributed by atoms with Gasteiger partial charge in [0, 0.05) is 13.0 Å². The van der Waals surface area contributed by atoms with Crippen molar-refractivity contribution in [2.24, 2.45) is 0 Å². The minimum Gasteiger partial charge on any atom is -0.459 e. The van der Waals surface area contributed by atoms with Crippen molar-refractivity contribution in [3.63, 3.8) is 0 Å². The maximum absolute atomic E-state index is 13.6. The number of nitrogens with one attached hydrogen (secondary N) is 2. The third-order valence-electron chi connectivity index (χ3n) is 5.96. The smallest absolute Gasteiger partial charge is 0.408 e. The number of rotatable bonds is 10. The van der Waals surface area contributed by atoms with E-state index in [9.17, 15) is 24.0 Å². The molecule has 10 nitrogen and oxygen atoms in total. The van der Waals surface area contributed by atoms with E-state index in [1.165, 1.54) is 4.90 Å². The highest BCUT2D eigenvalue weighted by Gasteiger charge is 2.40. The molecule has 3 amide bonds. The molecule has 1 heterocycles. The summed E-state index contributed by atoms with van der Waals surface area (Å²) in [5.74, 6) is -2.97. The lowest BCUT2D eigenvalue weighted by Crippen LogP contribution is -2.54. The van der Waals surface area contributed by atoms with Gasteiger partial charge >= 0.3 is 12.1 Å². The second-order valence-electron chi connectivity index (χ2n) is 10.3. The molecule has 0 bridgehead atoms. The number of Topliss-reactive ketones (excluding diaryl/α,β-unsaturated/α-hetero) is 1. The van der Waals surface area contributed by atoms with E-state index in [1.54, 1.807) is 20.8 Å². The van der Waals surface area contributed by atoms with Gasteiger partial charge in [-0.15, -0.1) is 0 Å². The fourth-order valence-electron chi connectivity index (χ4n) is 4.23.